The van der Waals surface area contributed by atoms with Crippen LogP contribution < -0.4 is 24.3 Å². The molecule has 1 unspecified atom stereocenters. The zero-order chi connectivity index (χ0) is 20.2. The molecule has 1 amide bonds. The predicted octanol–water partition coefficient (Wildman–Crippen LogP) is 2.41. The van der Waals surface area contributed by atoms with Gasteiger partial charge in [0, 0.05) is 12.6 Å². The summed E-state index contributed by atoms with van der Waals surface area (Å²) in [7, 11) is 0. The number of hydrogen-bond donors (Lipinski definition) is 1. The summed E-state index contributed by atoms with van der Waals surface area (Å²) in [5.41, 5.74) is 1.61. The molecule has 2 aromatic rings. The molecule has 2 aromatic carbocycles. The molecule has 0 fully saturated rings. The molecule has 1 N–H and O–H groups in total. The molecule has 1 atom stereocenters. The lowest BCUT2D eigenvalue weighted by Gasteiger charge is -2.12. The van der Waals surface area contributed by atoms with Crippen molar-refractivity contribution in [2.45, 2.75) is 19.6 Å². The van der Waals surface area contributed by atoms with Gasteiger partial charge in [0.1, 0.15) is 0 Å². The number of fused-ring (bicyclic) bond motifs is 2. The Morgan fingerprint density at radius 2 is 1.66 bits per heavy atom. The monoisotopic (exact) mass is 397 g/mol. The van der Waals surface area contributed by atoms with Crippen molar-refractivity contribution in [3.63, 3.8) is 0 Å². The highest BCUT2D eigenvalue weighted by molar-refractivity contribution is 5.90. The summed E-state index contributed by atoms with van der Waals surface area (Å²) in [6.45, 7) is 2.17. The van der Waals surface area contributed by atoms with Gasteiger partial charge < -0.3 is 29.0 Å². The molecule has 0 bridgehead atoms. The van der Waals surface area contributed by atoms with Crippen molar-refractivity contribution in [1.29, 1.82) is 0 Å². The van der Waals surface area contributed by atoms with Gasteiger partial charge in [-0.1, -0.05) is 12.1 Å². The maximum Gasteiger partial charge on any atom is 0.331 e. The number of benzene rings is 2. The quantitative estimate of drug-likeness (QED) is 0.591. The van der Waals surface area contributed by atoms with Crippen LogP contribution in [0.3, 0.4) is 0 Å². The van der Waals surface area contributed by atoms with Crippen LogP contribution in [-0.2, 0) is 20.9 Å². The molecule has 0 aromatic heterocycles. The van der Waals surface area contributed by atoms with Gasteiger partial charge in [-0.05, 0) is 48.4 Å². The number of nitrogens with one attached hydrogen (secondary N) is 1. The zero-order valence-corrected chi connectivity index (χ0v) is 15.7. The van der Waals surface area contributed by atoms with Gasteiger partial charge >= 0.3 is 5.97 Å². The molecule has 2 heterocycles. The van der Waals surface area contributed by atoms with Crippen LogP contribution in [0.4, 0.5) is 0 Å². The Bertz CT molecular complexity index is 969. The zero-order valence-electron chi connectivity index (χ0n) is 15.7. The average molecular weight is 397 g/mol. The van der Waals surface area contributed by atoms with E-state index in [1.165, 1.54) is 13.0 Å². The smallest absolute Gasteiger partial charge is 0.331 e. The lowest BCUT2D eigenvalue weighted by Crippen LogP contribution is -2.35. The van der Waals surface area contributed by atoms with E-state index >= 15 is 0 Å². The number of carbonyl (C=O) groups is 2. The van der Waals surface area contributed by atoms with Crippen LogP contribution in [0.25, 0.3) is 6.08 Å². The molecule has 0 radical (unpaired) electrons. The minimum atomic E-state index is -0.932. The van der Waals surface area contributed by atoms with Gasteiger partial charge in [-0.3, -0.25) is 4.79 Å². The Hall–Kier alpha value is -3.68. The molecule has 0 aliphatic carbocycles. The van der Waals surface area contributed by atoms with Gasteiger partial charge in [-0.25, -0.2) is 4.79 Å². The van der Waals surface area contributed by atoms with Gasteiger partial charge in [-0.15, -0.1) is 0 Å². The summed E-state index contributed by atoms with van der Waals surface area (Å²) in [6.07, 6.45) is 1.92. The third kappa shape index (κ3) is 4.43. The van der Waals surface area contributed by atoms with E-state index in [0.29, 0.717) is 23.0 Å². The van der Waals surface area contributed by atoms with E-state index < -0.39 is 18.0 Å². The van der Waals surface area contributed by atoms with E-state index in [4.69, 9.17) is 23.7 Å². The van der Waals surface area contributed by atoms with Crippen LogP contribution in [0.15, 0.2) is 42.5 Å². The van der Waals surface area contributed by atoms with E-state index in [1.807, 2.05) is 6.07 Å². The Labute approximate surface area is 167 Å². The molecule has 0 saturated carbocycles. The van der Waals surface area contributed by atoms with Gasteiger partial charge in [0.15, 0.2) is 29.1 Å². The fraction of sp³-hybridized carbons (Fsp3) is 0.238. The molecular formula is C21H19NO7. The molecule has 2 aliphatic heterocycles. The van der Waals surface area contributed by atoms with Crippen molar-refractivity contribution in [1.82, 2.24) is 5.32 Å². The molecule has 0 spiro atoms. The third-order valence-corrected chi connectivity index (χ3v) is 4.37. The number of ether oxygens (including phenoxy) is 5. The molecular weight excluding hydrogens is 378 g/mol. The average Bonchev–Trinajstić information content (AvgIpc) is 3.38. The lowest BCUT2D eigenvalue weighted by atomic mass is 10.2. The van der Waals surface area contributed by atoms with Crippen molar-refractivity contribution in [2.75, 3.05) is 13.6 Å². The molecule has 4 rings (SSSR count). The normalized spacial score (nSPS) is 14.7. The van der Waals surface area contributed by atoms with Gasteiger partial charge in [0.25, 0.3) is 5.91 Å². The van der Waals surface area contributed by atoms with Crippen molar-refractivity contribution < 1.29 is 33.3 Å². The minimum Gasteiger partial charge on any atom is -0.454 e. The van der Waals surface area contributed by atoms with Crippen LogP contribution in [0.2, 0.25) is 0 Å². The Kier molecular flexibility index (Phi) is 5.24. The predicted molar refractivity (Wildman–Crippen MR) is 102 cm³/mol. The van der Waals surface area contributed by atoms with Gasteiger partial charge in [-0.2, -0.15) is 0 Å². The summed E-state index contributed by atoms with van der Waals surface area (Å²) in [5.74, 6) is 1.59. The highest BCUT2D eigenvalue weighted by Crippen LogP contribution is 2.33. The summed E-state index contributed by atoms with van der Waals surface area (Å²) >= 11 is 0. The Morgan fingerprint density at radius 1 is 1.00 bits per heavy atom. The molecule has 29 heavy (non-hydrogen) atoms. The number of amides is 1. The van der Waals surface area contributed by atoms with E-state index in [-0.39, 0.29) is 20.1 Å². The Morgan fingerprint density at radius 3 is 2.41 bits per heavy atom. The van der Waals surface area contributed by atoms with Crippen molar-refractivity contribution in [3.05, 3.63) is 53.6 Å². The van der Waals surface area contributed by atoms with E-state index in [0.717, 1.165) is 11.1 Å². The molecule has 2 aliphatic rings. The number of esters is 1. The van der Waals surface area contributed by atoms with E-state index in [2.05, 4.69) is 5.32 Å². The second-order valence-corrected chi connectivity index (χ2v) is 6.43. The first kappa shape index (κ1) is 18.7. The van der Waals surface area contributed by atoms with Crippen LogP contribution >= 0.6 is 0 Å². The van der Waals surface area contributed by atoms with Crippen molar-refractivity contribution in [2.24, 2.45) is 0 Å². The van der Waals surface area contributed by atoms with Crippen LogP contribution in [0.1, 0.15) is 18.1 Å². The summed E-state index contributed by atoms with van der Waals surface area (Å²) < 4.78 is 26.2. The van der Waals surface area contributed by atoms with Gasteiger partial charge in [0.2, 0.25) is 13.6 Å². The fourth-order valence-corrected chi connectivity index (χ4v) is 2.83. The second-order valence-electron chi connectivity index (χ2n) is 6.43. The number of hydrogen-bond acceptors (Lipinski definition) is 7. The van der Waals surface area contributed by atoms with Crippen molar-refractivity contribution in [3.8, 4) is 23.0 Å². The van der Waals surface area contributed by atoms with E-state index in [1.54, 1.807) is 36.4 Å². The SMILES string of the molecule is CC(OC(=O)C=Cc1ccc2c(c1)OCO2)C(=O)NCc1ccc2c(c1)OCO2. The highest BCUT2D eigenvalue weighted by Gasteiger charge is 2.18. The fourth-order valence-electron chi connectivity index (χ4n) is 2.83. The van der Waals surface area contributed by atoms with Crippen LogP contribution in [-0.4, -0.2) is 31.6 Å². The van der Waals surface area contributed by atoms with Crippen LogP contribution in [0, 0.1) is 0 Å². The highest BCUT2D eigenvalue weighted by atomic mass is 16.7. The first-order valence-corrected chi connectivity index (χ1v) is 9.03. The second kappa shape index (κ2) is 8.14. The lowest BCUT2D eigenvalue weighted by molar-refractivity contribution is -0.150. The minimum absolute atomic E-state index is 0.184. The molecule has 150 valence electrons. The number of rotatable bonds is 6. The topological polar surface area (TPSA) is 92.3 Å². The molecule has 0 saturated heterocycles. The summed E-state index contributed by atoms with van der Waals surface area (Å²) in [5, 5.41) is 2.73. The summed E-state index contributed by atoms with van der Waals surface area (Å²) in [6, 6.07) is 10.7. The largest absolute Gasteiger partial charge is 0.454 e. The van der Waals surface area contributed by atoms with Crippen LogP contribution in [0.5, 0.6) is 23.0 Å². The maximum absolute atomic E-state index is 12.2. The first-order valence-electron chi connectivity index (χ1n) is 9.03. The standard InChI is InChI=1S/C21H19NO7/c1-13(21(24)22-10-15-3-6-17-19(9-15)28-12-26-17)29-20(23)7-4-14-2-5-16-18(8-14)27-11-25-16/h2-9,13H,10-12H2,1H3,(H,22,24). The first-order chi connectivity index (χ1) is 14.1. The summed E-state index contributed by atoms with van der Waals surface area (Å²) in [4.78, 5) is 24.2. The maximum atomic E-state index is 12.2. The van der Waals surface area contributed by atoms with E-state index in [9.17, 15) is 9.59 Å². The Balaban J connectivity index is 1.26. The van der Waals surface area contributed by atoms with Crippen molar-refractivity contribution >= 4 is 18.0 Å². The van der Waals surface area contributed by atoms with Gasteiger partial charge in [0.05, 0.1) is 0 Å². The molecule has 8 heteroatoms. The third-order valence-electron chi connectivity index (χ3n) is 4.37. The number of carbonyl (C=O) groups excluding carboxylic acids is 2. The molecule has 8 nitrogen and oxygen atoms in total.